The van der Waals surface area contributed by atoms with Crippen LogP contribution in [0.15, 0.2) is 48.5 Å². The van der Waals surface area contributed by atoms with Crippen molar-refractivity contribution in [3.63, 3.8) is 0 Å². The highest BCUT2D eigenvalue weighted by Crippen LogP contribution is 2.28. The third-order valence-electron chi connectivity index (χ3n) is 3.98. The first kappa shape index (κ1) is 13.1. The smallest absolute Gasteiger partial charge is 0.123 e. The lowest BCUT2D eigenvalue weighted by Crippen LogP contribution is -2.03. The molecule has 3 rings (SSSR count). The molecule has 1 aliphatic rings. The lowest BCUT2D eigenvalue weighted by molar-refractivity contribution is 0.625. The number of hydrogen-bond donors (Lipinski definition) is 0. The van der Waals surface area contributed by atoms with Crippen LogP contribution in [-0.4, -0.2) is 0 Å². The molecule has 0 bridgehead atoms. The number of rotatable bonds is 3. The Morgan fingerprint density at radius 3 is 2.55 bits per heavy atom. The van der Waals surface area contributed by atoms with Crippen LogP contribution in [0.3, 0.4) is 0 Å². The first-order valence-electron chi connectivity index (χ1n) is 7.32. The summed E-state index contributed by atoms with van der Waals surface area (Å²) in [5.74, 6) is -0.136. The molecule has 0 radical (unpaired) electrons. The van der Waals surface area contributed by atoms with Crippen molar-refractivity contribution in [2.45, 2.75) is 32.6 Å². The van der Waals surface area contributed by atoms with E-state index in [1.54, 1.807) is 12.1 Å². The Hall–Kier alpha value is -1.89. The van der Waals surface area contributed by atoms with Gasteiger partial charge >= 0.3 is 0 Å². The van der Waals surface area contributed by atoms with E-state index in [1.807, 2.05) is 6.07 Å². The quantitative estimate of drug-likeness (QED) is 0.736. The monoisotopic (exact) mass is 266 g/mol. The molecule has 0 aromatic heterocycles. The average molecular weight is 266 g/mol. The largest absolute Gasteiger partial charge is 0.207 e. The number of hydrogen-bond acceptors (Lipinski definition) is 0. The fourth-order valence-electron chi connectivity index (χ4n) is 2.86. The summed E-state index contributed by atoms with van der Waals surface area (Å²) in [5, 5.41) is 0. The Morgan fingerprint density at radius 1 is 1.00 bits per heavy atom. The van der Waals surface area contributed by atoms with Crippen LogP contribution in [-0.2, 0) is 19.3 Å². The van der Waals surface area contributed by atoms with Crippen LogP contribution in [0.1, 0.15) is 35.6 Å². The summed E-state index contributed by atoms with van der Waals surface area (Å²) in [5.41, 5.74) is 6.34. The molecule has 0 nitrogen and oxygen atoms in total. The van der Waals surface area contributed by atoms with Crippen LogP contribution in [0.4, 0.5) is 4.39 Å². The minimum absolute atomic E-state index is 0.136. The molecule has 1 aliphatic carbocycles. The predicted octanol–water partition coefficient (Wildman–Crippen LogP) is 4.96. The maximum Gasteiger partial charge on any atom is 0.123 e. The van der Waals surface area contributed by atoms with Gasteiger partial charge in [0.2, 0.25) is 0 Å². The molecule has 0 unspecified atom stereocenters. The van der Waals surface area contributed by atoms with Crippen LogP contribution in [0, 0.1) is 5.82 Å². The van der Waals surface area contributed by atoms with E-state index in [2.05, 4.69) is 37.3 Å². The van der Waals surface area contributed by atoms with Gasteiger partial charge < -0.3 is 0 Å². The Kier molecular flexibility index (Phi) is 3.68. The number of aryl methyl sites for hydroxylation is 1. The fourth-order valence-corrected chi connectivity index (χ4v) is 2.86. The summed E-state index contributed by atoms with van der Waals surface area (Å²) in [7, 11) is 0. The van der Waals surface area contributed by atoms with E-state index in [9.17, 15) is 4.39 Å². The summed E-state index contributed by atoms with van der Waals surface area (Å²) in [6.07, 6.45) is 6.32. The molecule has 0 spiro atoms. The van der Waals surface area contributed by atoms with Crippen LogP contribution in [0.25, 0.3) is 5.57 Å². The van der Waals surface area contributed by atoms with Crippen molar-refractivity contribution >= 4 is 5.57 Å². The van der Waals surface area contributed by atoms with Crippen molar-refractivity contribution in [1.82, 2.24) is 0 Å². The molecule has 0 N–H and O–H groups in total. The van der Waals surface area contributed by atoms with Gasteiger partial charge in [-0.3, -0.25) is 0 Å². The first-order valence-corrected chi connectivity index (χ1v) is 7.32. The lowest BCUT2D eigenvalue weighted by atomic mass is 9.88. The SMILES string of the molecule is CCCc1ccc(C2=CCc3ccc(F)cc3C2)cc1. The van der Waals surface area contributed by atoms with E-state index in [-0.39, 0.29) is 5.82 Å². The van der Waals surface area contributed by atoms with Gasteiger partial charge in [-0.25, -0.2) is 4.39 Å². The molecule has 0 heterocycles. The van der Waals surface area contributed by atoms with E-state index in [0.29, 0.717) is 0 Å². The molecule has 102 valence electrons. The van der Waals surface area contributed by atoms with Crippen molar-refractivity contribution in [3.05, 3.63) is 76.6 Å². The number of benzene rings is 2. The molecule has 20 heavy (non-hydrogen) atoms. The second kappa shape index (κ2) is 5.62. The molecule has 0 fully saturated rings. The lowest BCUT2D eigenvalue weighted by Gasteiger charge is -2.17. The maximum absolute atomic E-state index is 13.3. The molecule has 0 aliphatic heterocycles. The maximum atomic E-state index is 13.3. The highest BCUT2D eigenvalue weighted by Gasteiger charge is 2.13. The van der Waals surface area contributed by atoms with Crippen molar-refractivity contribution in [2.75, 3.05) is 0 Å². The molecule has 0 atom stereocenters. The molecular weight excluding hydrogens is 247 g/mol. The number of fused-ring (bicyclic) bond motifs is 1. The Balaban J connectivity index is 1.83. The second-order valence-corrected chi connectivity index (χ2v) is 5.47. The standard InChI is InChI=1S/C19H19F/c1-2-3-14-4-6-15(7-5-14)17-9-8-16-10-11-19(20)13-18(16)12-17/h4-7,9-11,13H,2-3,8,12H2,1H3. The minimum Gasteiger partial charge on any atom is -0.207 e. The summed E-state index contributed by atoms with van der Waals surface area (Å²) >= 11 is 0. The van der Waals surface area contributed by atoms with E-state index >= 15 is 0 Å². The summed E-state index contributed by atoms with van der Waals surface area (Å²) < 4.78 is 13.3. The first-order chi connectivity index (χ1) is 9.76. The zero-order valence-electron chi connectivity index (χ0n) is 11.8. The van der Waals surface area contributed by atoms with Gasteiger partial charge in [0.05, 0.1) is 0 Å². The molecule has 2 aromatic rings. The van der Waals surface area contributed by atoms with Crippen molar-refractivity contribution in [2.24, 2.45) is 0 Å². The van der Waals surface area contributed by atoms with Gasteiger partial charge in [0.1, 0.15) is 5.82 Å². The molecule has 0 saturated carbocycles. The molecule has 2 aromatic carbocycles. The summed E-state index contributed by atoms with van der Waals surface area (Å²) in [6.45, 7) is 2.20. The average Bonchev–Trinajstić information content (AvgIpc) is 2.47. The third-order valence-corrected chi connectivity index (χ3v) is 3.98. The molecule has 0 amide bonds. The molecule has 1 heteroatoms. The molecular formula is C19H19F. The van der Waals surface area contributed by atoms with E-state index in [4.69, 9.17) is 0 Å². The molecule has 0 saturated heterocycles. The van der Waals surface area contributed by atoms with E-state index in [1.165, 1.54) is 28.7 Å². The van der Waals surface area contributed by atoms with Gasteiger partial charge in [-0.05, 0) is 59.2 Å². The second-order valence-electron chi connectivity index (χ2n) is 5.47. The van der Waals surface area contributed by atoms with Crippen LogP contribution >= 0.6 is 0 Å². The van der Waals surface area contributed by atoms with Crippen molar-refractivity contribution < 1.29 is 4.39 Å². The van der Waals surface area contributed by atoms with Crippen LogP contribution in [0.2, 0.25) is 0 Å². The van der Waals surface area contributed by atoms with Gasteiger partial charge in [-0.15, -0.1) is 0 Å². The van der Waals surface area contributed by atoms with Gasteiger partial charge in [-0.2, -0.15) is 0 Å². The van der Waals surface area contributed by atoms with Crippen molar-refractivity contribution in [3.8, 4) is 0 Å². The topological polar surface area (TPSA) is 0 Å². The Labute approximate surface area is 120 Å². The van der Waals surface area contributed by atoms with E-state index in [0.717, 1.165) is 24.8 Å². The number of halogens is 1. The van der Waals surface area contributed by atoms with Gasteiger partial charge in [0.25, 0.3) is 0 Å². The fraction of sp³-hybridized carbons (Fsp3) is 0.263. The Morgan fingerprint density at radius 2 is 1.80 bits per heavy atom. The Bertz CT molecular complexity index is 635. The normalized spacial score (nSPS) is 13.8. The van der Waals surface area contributed by atoms with Crippen molar-refractivity contribution in [1.29, 1.82) is 0 Å². The summed E-state index contributed by atoms with van der Waals surface area (Å²) in [4.78, 5) is 0. The highest BCUT2D eigenvalue weighted by molar-refractivity contribution is 5.70. The van der Waals surface area contributed by atoms with Gasteiger partial charge in [-0.1, -0.05) is 49.8 Å². The van der Waals surface area contributed by atoms with Crippen LogP contribution in [0.5, 0.6) is 0 Å². The van der Waals surface area contributed by atoms with Gasteiger partial charge in [0.15, 0.2) is 0 Å². The third kappa shape index (κ3) is 2.67. The highest BCUT2D eigenvalue weighted by atomic mass is 19.1. The van der Waals surface area contributed by atoms with Gasteiger partial charge in [0, 0.05) is 0 Å². The van der Waals surface area contributed by atoms with Crippen LogP contribution < -0.4 is 0 Å². The number of allylic oxidation sites excluding steroid dienone is 2. The zero-order chi connectivity index (χ0) is 13.9. The van der Waals surface area contributed by atoms with E-state index < -0.39 is 0 Å². The predicted molar refractivity (Wildman–Crippen MR) is 82.2 cm³/mol. The summed E-state index contributed by atoms with van der Waals surface area (Å²) in [6, 6.07) is 13.9. The zero-order valence-corrected chi connectivity index (χ0v) is 11.8. The minimum atomic E-state index is -0.136.